The summed E-state index contributed by atoms with van der Waals surface area (Å²) in [7, 11) is 0. The predicted octanol–water partition coefficient (Wildman–Crippen LogP) is 4.00. The Bertz CT molecular complexity index is 795. The molecule has 4 heteroatoms. The SMILES string of the molecule is O=C(CCC(O)c1ccccc1)c1cc2cc(F)ccc2[nH]1. The fraction of sp³-hybridized carbons (Fsp3) is 0.167. The molecule has 0 amide bonds. The number of aliphatic hydroxyl groups excluding tert-OH is 1. The van der Waals surface area contributed by atoms with Gasteiger partial charge in [0.2, 0.25) is 0 Å². The summed E-state index contributed by atoms with van der Waals surface area (Å²) in [6.45, 7) is 0. The number of halogens is 1. The van der Waals surface area contributed by atoms with Crippen LogP contribution in [0.1, 0.15) is 35.0 Å². The average Bonchev–Trinajstić information content (AvgIpc) is 2.96. The molecule has 0 aliphatic carbocycles. The number of hydrogen-bond donors (Lipinski definition) is 2. The van der Waals surface area contributed by atoms with Crippen molar-refractivity contribution in [2.75, 3.05) is 0 Å². The molecule has 0 saturated heterocycles. The van der Waals surface area contributed by atoms with E-state index < -0.39 is 6.10 Å². The van der Waals surface area contributed by atoms with Crippen molar-refractivity contribution in [2.24, 2.45) is 0 Å². The molecule has 3 rings (SSSR count). The summed E-state index contributed by atoms with van der Waals surface area (Å²) in [6.07, 6.45) is -0.0789. The first-order chi connectivity index (χ1) is 10.6. The molecular formula is C18H16FNO2. The van der Waals surface area contributed by atoms with Crippen LogP contribution in [0.15, 0.2) is 54.6 Å². The highest BCUT2D eigenvalue weighted by atomic mass is 19.1. The Morgan fingerprint density at radius 1 is 1.14 bits per heavy atom. The van der Waals surface area contributed by atoms with Crippen molar-refractivity contribution in [3.63, 3.8) is 0 Å². The molecule has 0 spiro atoms. The van der Waals surface area contributed by atoms with Crippen LogP contribution in [-0.4, -0.2) is 15.9 Å². The van der Waals surface area contributed by atoms with Crippen molar-refractivity contribution in [2.45, 2.75) is 18.9 Å². The molecule has 2 N–H and O–H groups in total. The number of fused-ring (bicyclic) bond motifs is 1. The lowest BCUT2D eigenvalue weighted by Gasteiger charge is -2.09. The fourth-order valence-electron chi connectivity index (χ4n) is 2.50. The minimum Gasteiger partial charge on any atom is -0.388 e. The molecule has 3 aromatic rings. The van der Waals surface area contributed by atoms with Gasteiger partial charge in [0.05, 0.1) is 11.8 Å². The zero-order chi connectivity index (χ0) is 15.5. The van der Waals surface area contributed by atoms with Gasteiger partial charge in [-0.25, -0.2) is 4.39 Å². The Morgan fingerprint density at radius 3 is 2.68 bits per heavy atom. The average molecular weight is 297 g/mol. The number of nitrogens with one attached hydrogen (secondary N) is 1. The number of carbonyl (C=O) groups is 1. The van der Waals surface area contributed by atoms with Crippen LogP contribution in [0.5, 0.6) is 0 Å². The van der Waals surface area contributed by atoms with Crippen LogP contribution in [0.25, 0.3) is 10.9 Å². The quantitative estimate of drug-likeness (QED) is 0.699. The van der Waals surface area contributed by atoms with Gasteiger partial charge in [-0.05, 0) is 36.2 Å². The molecule has 0 aliphatic rings. The van der Waals surface area contributed by atoms with Crippen molar-refractivity contribution < 1.29 is 14.3 Å². The lowest BCUT2D eigenvalue weighted by molar-refractivity contribution is 0.0936. The van der Waals surface area contributed by atoms with E-state index in [0.29, 0.717) is 17.5 Å². The number of aliphatic hydroxyl groups is 1. The summed E-state index contributed by atoms with van der Waals surface area (Å²) in [4.78, 5) is 15.2. The third kappa shape index (κ3) is 3.07. The number of Topliss-reactive ketones (excluding diaryl/α,β-unsaturated/α-hetero) is 1. The maximum Gasteiger partial charge on any atom is 0.179 e. The zero-order valence-electron chi connectivity index (χ0n) is 11.9. The van der Waals surface area contributed by atoms with Gasteiger partial charge in [0.25, 0.3) is 0 Å². The van der Waals surface area contributed by atoms with E-state index in [0.717, 1.165) is 11.1 Å². The number of H-pyrrole nitrogens is 1. The highest BCUT2D eigenvalue weighted by molar-refractivity contribution is 5.99. The molecule has 0 fully saturated rings. The summed E-state index contributed by atoms with van der Waals surface area (Å²) in [5.41, 5.74) is 1.98. The molecule has 0 radical (unpaired) electrons. The van der Waals surface area contributed by atoms with Crippen molar-refractivity contribution in [1.29, 1.82) is 0 Å². The van der Waals surface area contributed by atoms with Gasteiger partial charge < -0.3 is 10.1 Å². The van der Waals surface area contributed by atoms with Crippen molar-refractivity contribution in [3.8, 4) is 0 Å². The molecule has 0 saturated carbocycles. The molecule has 3 nitrogen and oxygen atoms in total. The standard InChI is InChI=1S/C18H16FNO2/c19-14-6-7-15-13(10-14)11-16(20-15)18(22)9-8-17(21)12-4-2-1-3-5-12/h1-7,10-11,17,20-21H,8-9H2. The first-order valence-electron chi connectivity index (χ1n) is 7.18. The van der Waals surface area contributed by atoms with Crippen molar-refractivity contribution in [1.82, 2.24) is 4.98 Å². The Labute approximate surface area is 127 Å². The number of aromatic amines is 1. The van der Waals surface area contributed by atoms with Crippen LogP contribution in [0.2, 0.25) is 0 Å². The van der Waals surface area contributed by atoms with Gasteiger partial charge in [0, 0.05) is 17.3 Å². The van der Waals surface area contributed by atoms with Crippen LogP contribution in [0, 0.1) is 5.82 Å². The molecule has 2 aromatic carbocycles. The van der Waals surface area contributed by atoms with Crippen molar-refractivity contribution >= 4 is 16.7 Å². The van der Waals surface area contributed by atoms with Gasteiger partial charge in [0.15, 0.2) is 5.78 Å². The molecule has 22 heavy (non-hydrogen) atoms. The first kappa shape index (κ1) is 14.5. The molecular weight excluding hydrogens is 281 g/mol. The summed E-state index contributed by atoms with van der Waals surface area (Å²) >= 11 is 0. The summed E-state index contributed by atoms with van der Waals surface area (Å²) < 4.78 is 13.2. The lowest BCUT2D eigenvalue weighted by Crippen LogP contribution is -2.04. The third-order valence-corrected chi connectivity index (χ3v) is 3.71. The minimum atomic E-state index is -0.660. The second-order valence-corrected chi connectivity index (χ2v) is 5.30. The molecule has 1 atom stereocenters. The van der Waals surface area contributed by atoms with Crippen LogP contribution >= 0.6 is 0 Å². The van der Waals surface area contributed by atoms with Gasteiger partial charge in [-0.2, -0.15) is 0 Å². The fourth-order valence-corrected chi connectivity index (χ4v) is 2.50. The molecule has 1 unspecified atom stereocenters. The highest BCUT2D eigenvalue weighted by Crippen LogP contribution is 2.21. The van der Waals surface area contributed by atoms with Gasteiger partial charge >= 0.3 is 0 Å². The number of rotatable bonds is 5. The number of hydrogen-bond acceptors (Lipinski definition) is 2. The summed E-state index contributed by atoms with van der Waals surface area (Å²) in [5.74, 6) is -0.420. The lowest BCUT2D eigenvalue weighted by atomic mass is 10.0. The molecule has 0 aliphatic heterocycles. The Kier molecular flexibility index (Phi) is 4.02. The maximum absolute atomic E-state index is 13.2. The van der Waals surface area contributed by atoms with E-state index in [2.05, 4.69) is 4.98 Å². The maximum atomic E-state index is 13.2. The van der Waals surface area contributed by atoms with E-state index in [1.54, 1.807) is 12.1 Å². The Hall–Kier alpha value is -2.46. The molecule has 0 bridgehead atoms. The largest absolute Gasteiger partial charge is 0.388 e. The normalized spacial score (nSPS) is 12.5. The number of benzene rings is 2. The van der Waals surface area contributed by atoms with E-state index in [9.17, 15) is 14.3 Å². The van der Waals surface area contributed by atoms with Crippen molar-refractivity contribution in [3.05, 3.63) is 71.7 Å². The van der Waals surface area contributed by atoms with Gasteiger partial charge in [-0.3, -0.25) is 4.79 Å². The third-order valence-electron chi connectivity index (χ3n) is 3.71. The first-order valence-corrected chi connectivity index (χ1v) is 7.18. The minimum absolute atomic E-state index is 0.0911. The van der Waals surface area contributed by atoms with E-state index in [1.165, 1.54) is 12.1 Å². The Balaban J connectivity index is 1.68. The van der Waals surface area contributed by atoms with Crippen LogP contribution in [0.4, 0.5) is 4.39 Å². The number of aromatic nitrogens is 1. The second-order valence-electron chi connectivity index (χ2n) is 5.30. The second kappa shape index (κ2) is 6.12. The van der Waals surface area contributed by atoms with E-state index >= 15 is 0 Å². The predicted molar refractivity (Wildman–Crippen MR) is 83.2 cm³/mol. The smallest absolute Gasteiger partial charge is 0.179 e. The summed E-state index contributed by atoms with van der Waals surface area (Å²) in [6, 6.07) is 15.3. The van der Waals surface area contributed by atoms with Gasteiger partial charge in [-0.1, -0.05) is 30.3 Å². The molecule has 1 heterocycles. The molecule has 1 aromatic heterocycles. The zero-order valence-corrected chi connectivity index (χ0v) is 11.9. The van der Waals surface area contributed by atoms with E-state index in [4.69, 9.17) is 0 Å². The van der Waals surface area contributed by atoms with Gasteiger partial charge in [0.1, 0.15) is 5.82 Å². The Morgan fingerprint density at radius 2 is 1.91 bits per heavy atom. The van der Waals surface area contributed by atoms with E-state index in [-0.39, 0.29) is 18.0 Å². The monoisotopic (exact) mass is 297 g/mol. The van der Waals surface area contributed by atoms with E-state index in [1.807, 2.05) is 30.3 Å². The number of ketones is 1. The summed E-state index contributed by atoms with van der Waals surface area (Å²) in [5, 5.41) is 10.8. The van der Waals surface area contributed by atoms with Gasteiger partial charge in [-0.15, -0.1) is 0 Å². The van der Waals surface area contributed by atoms with Crippen LogP contribution in [0.3, 0.4) is 0 Å². The van der Waals surface area contributed by atoms with Crippen LogP contribution < -0.4 is 0 Å². The highest BCUT2D eigenvalue weighted by Gasteiger charge is 2.13. The van der Waals surface area contributed by atoms with Crippen LogP contribution in [-0.2, 0) is 0 Å². The number of carbonyl (C=O) groups excluding carboxylic acids is 1. The topological polar surface area (TPSA) is 53.1 Å². The molecule has 112 valence electrons.